The van der Waals surface area contributed by atoms with Crippen LogP contribution in [0.3, 0.4) is 0 Å². The number of aromatic nitrogens is 1. The van der Waals surface area contributed by atoms with Gasteiger partial charge in [0, 0.05) is 18.4 Å². The maximum atomic E-state index is 11.8. The van der Waals surface area contributed by atoms with Crippen LogP contribution >= 0.6 is 0 Å². The number of amides is 1. The molecule has 1 aromatic heterocycles. The van der Waals surface area contributed by atoms with Gasteiger partial charge in [0.25, 0.3) is 5.91 Å². The van der Waals surface area contributed by atoms with E-state index in [9.17, 15) is 4.79 Å². The Hall–Kier alpha value is -2.23. The summed E-state index contributed by atoms with van der Waals surface area (Å²) in [6.45, 7) is 2.81. The second-order valence-electron chi connectivity index (χ2n) is 4.70. The molecule has 2 rings (SSSR count). The molecule has 0 radical (unpaired) electrons. The number of aromatic amines is 1. The van der Waals surface area contributed by atoms with Crippen LogP contribution in [0.25, 0.3) is 0 Å². The topological polar surface area (TPSA) is 70.9 Å². The lowest BCUT2D eigenvalue weighted by molar-refractivity contribution is 0.0948. The summed E-state index contributed by atoms with van der Waals surface area (Å²) in [5.41, 5.74) is 7.93. The van der Waals surface area contributed by atoms with Crippen molar-refractivity contribution < 1.29 is 4.79 Å². The molecule has 0 saturated carbocycles. The van der Waals surface area contributed by atoms with Gasteiger partial charge < -0.3 is 16.0 Å². The van der Waals surface area contributed by atoms with Gasteiger partial charge in [-0.15, -0.1) is 0 Å². The van der Waals surface area contributed by atoms with Crippen molar-refractivity contribution in [1.29, 1.82) is 0 Å². The van der Waals surface area contributed by atoms with Gasteiger partial charge in [-0.2, -0.15) is 0 Å². The van der Waals surface area contributed by atoms with E-state index in [2.05, 4.69) is 29.4 Å². The van der Waals surface area contributed by atoms with E-state index in [0.717, 1.165) is 6.42 Å². The number of nitrogen functional groups attached to an aromatic ring is 1. The minimum atomic E-state index is -0.114. The van der Waals surface area contributed by atoms with Crippen LogP contribution in [0.4, 0.5) is 5.69 Å². The lowest BCUT2D eigenvalue weighted by Crippen LogP contribution is -2.25. The van der Waals surface area contributed by atoms with Crippen LogP contribution in [-0.4, -0.2) is 17.4 Å². The van der Waals surface area contributed by atoms with E-state index < -0.39 is 0 Å². The molecule has 19 heavy (non-hydrogen) atoms. The second kappa shape index (κ2) is 6.09. The number of carbonyl (C=O) groups is 1. The standard InChI is InChI=1S/C15H19N3O/c1-11(12-5-3-2-4-6-12)7-8-17-15(19)14-9-13(16)10-18-14/h2-6,9-11,18H,7-8,16H2,1H3,(H,17,19). The first kappa shape index (κ1) is 13.2. The smallest absolute Gasteiger partial charge is 0.267 e. The molecule has 0 aliphatic heterocycles. The van der Waals surface area contributed by atoms with Crippen LogP contribution in [0.2, 0.25) is 0 Å². The number of carbonyl (C=O) groups excluding carboxylic acids is 1. The molecule has 4 N–H and O–H groups in total. The fourth-order valence-electron chi connectivity index (χ4n) is 1.99. The third-order valence-corrected chi connectivity index (χ3v) is 3.18. The maximum absolute atomic E-state index is 11.8. The number of hydrogen-bond donors (Lipinski definition) is 3. The van der Waals surface area contributed by atoms with Gasteiger partial charge in [-0.1, -0.05) is 37.3 Å². The Bertz CT molecular complexity index is 533. The molecular formula is C15H19N3O. The van der Waals surface area contributed by atoms with Crippen molar-refractivity contribution in [3.8, 4) is 0 Å². The lowest BCUT2D eigenvalue weighted by atomic mass is 9.98. The molecule has 4 heteroatoms. The fraction of sp³-hybridized carbons (Fsp3) is 0.267. The first-order chi connectivity index (χ1) is 9.16. The van der Waals surface area contributed by atoms with Gasteiger partial charge in [0.2, 0.25) is 0 Å². The molecule has 100 valence electrons. The summed E-state index contributed by atoms with van der Waals surface area (Å²) >= 11 is 0. The average molecular weight is 257 g/mol. The third-order valence-electron chi connectivity index (χ3n) is 3.18. The fourth-order valence-corrected chi connectivity index (χ4v) is 1.99. The number of benzene rings is 1. The van der Waals surface area contributed by atoms with E-state index >= 15 is 0 Å². The zero-order valence-electron chi connectivity index (χ0n) is 11.0. The maximum Gasteiger partial charge on any atom is 0.267 e. The van der Waals surface area contributed by atoms with Crippen molar-refractivity contribution in [3.63, 3.8) is 0 Å². The third kappa shape index (κ3) is 3.61. The lowest BCUT2D eigenvalue weighted by Gasteiger charge is -2.12. The monoisotopic (exact) mass is 257 g/mol. The molecule has 0 aliphatic rings. The van der Waals surface area contributed by atoms with Crippen LogP contribution in [-0.2, 0) is 0 Å². The van der Waals surface area contributed by atoms with Gasteiger partial charge >= 0.3 is 0 Å². The molecular weight excluding hydrogens is 238 g/mol. The normalized spacial score (nSPS) is 12.1. The SMILES string of the molecule is CC(CCNC(=O)c1cc(N)c[nH]1)c1ccccc1. The van der Waals surface area contributed by atoms with Crippen LogP contribution in [0, 0.1) is 0 Å². The summed E-state index contributed by atoms with van der Waals surface area (Å²) in [5, 5.41) is 2.89. The van der Waals surface area contributed by atoms with E-state index in [4.69, 9.17) is 5.73 Å². The van der Waals surface area contributed by atoms with E-state index in [0.29, 0.717) is 23.8 Å². The molecule has 1 heterocycles. The molecule has 0 bridgehead atoms. The van der Waals surface area contributed by atoms with Crippen molar-refractivity contribution in [1.82, 2.24) is 10.3 Å². The van der Waals surface area contributed by atoms with Gasteiger partial charge in [0.05, 0.1) is 0 Å². The van der Waals surface area contributed by atoms with Crippen molar-refractivity contribution >= 4 is 11.6 Å². The minimum Gasteiger partial charge on any atom is -0.397 e. The first-order valence-corrected chi connectivity index (χ1v) is 6.44. The summed E-state index contributed by atoms with van der Waals surface area (Å²) in [7, 11) is 0. The van der Waals surface area contributed by atoms with Gasteiger partial charge in [-0.25, -0.2) is 0 Å². The molecule has 1 aromatic carbocycles. The number of nitrogens with two attached hydrogens (primary N) is 1. The van der Waals surface area contributed by atoms with Gasteiger partial charge in [0.15, 0.2) is 0 Å². The van der Waals surface area contributed by atoms with E-state index in [1.54, 1.807) is 12.3 Å². The molecule has 2 aromatic rings. The number of hydrogen-bond acceptors (Lipinski definition) is 2. The predicted octanol–water partition coefficient (Wildman–Crippen LogP) is 2.52. The van der Waals surface area contributed by atoms with Crippen molar-refractivity contribution in [2.75, 3.05) is 12.3 Å². The summed E-state index contributed by atoms with van der Waals surface area (Å²) in [6.07, 6.45) is 2.52. The van der Waals surface area contributed by atoms with Crippen LogP contribution in [0.5, 0.6) is 0 Å². The first-order valence-electron chi connectivity index (χ1n) is 6.44. The Labute approximate surface area is 113 Å². The molecule has 0 aliphatic carbocycles. The Morgan fingerprint density at radius 2 is 2.11 bits per heavy atom. The van der Waals surface area contributed by atoms with Crippen molar-refractivity contribution in [3.05, 3.63) is 53.9 Å². The van der Waals surface area contributed by atoms with Gasteiger partial charge in [0.1, 0.15) is 5.69 Å². The second-order valence-corrected chi connectivity index (χ2v) is 4.70. The number of H-pyrrole nitrogens is 1. The van der Waals surface area contributed by atoms with Crippen LogP contribution < -0.4 is 11.1 Å². The molecule has 0 fully saturated rings. The molecule has 0 saturated heterocycles. The number of nitrogens with one attached hydrogen (secondary N) is 2. The summed E-state index contributed by atoms with van der Waals surface area (Å²) in [5.74, 6) is 0.312. The quantitative estimate of drug-likeness (QED) is 0.770. The molecule has 1 atom stereocenters. The highest BCUT2D eigenvalue weighted by Gasteiger charge is 2.09. The van der Waals surface area contributed by atoms with Crippen molar-refractivity contribution in [2.24, 2.45) is 0 Å². The van der Waals surface area contributed by atoms with E-state index in [1.165, 1.54) is 5.56 Å². The zero-order chi connectivity index (χ0) is 13.7. The van der Waals surface area contributed by atoms with Gasteiger partial charge in [-0.05, 0) is 24.0 Å². The highest BCUT2D eigenvalue weighted by Crippen LogP contribution is 2.17. The molecule has 1 amide bonds. The zero-order valence-corrected chi connectivity index (χ0v) is 11.0. The largest absolute Gasteiger partial charge is 0.397 e. The Morgan fingerprint density at radius 1 is 1.37 bits per heavy atom. The summed E-state index contributed by atoms with van der Waals surface area (Å²) in [4.78, 5) is 14.6. The van der Waals surface area contributed by atoms with Crippen LogP contribution in [0.15, 0.2) is 42.6 Å². The number of anilines is 1. The highest BCUT2D eigenvalue weighted by molar-refractivity contribution is 5.93. The number of rotatable bonds is 5. The van der Waals surface area contributed by atoms with Crippen LogP contribution in [0.1, 0.15) is 35.3 Å². The predicted molar refractivity (Wildman–Crippen MR) is 77.0 cm³/mol. The highest BCUT2D eigenvalue weighted by atomic mass is 16.1. The minimum absolute atomic E-state index is 0.114. The summed E-state index contributed by atoms with van der Waals surface area (Å²) in [6, 6.07) is 11.9. The Balaban J connectivity index is 1.79. The summed E-state index contributed by atoms with van der Waals surface area (Å²) < 4.78 is 0. The van der Waals surface area contributed by atoms with Crippen molar-refractivity contribution in [2.45, 2.75) is 19.3 Å². The Morgan fingerprint density at radius 3 is 2.74 bits per heavy atom. The van der Waals surface area contributed by atoms with E-state index in [1.807, 2.05) is 18.2 Å². The molecule has 0 spiro atoms. The van der Waals surface area contributed by atoms with E-state index in [-0.39, 0.29) is 5.91 Å². The average Bonchev–Trinajstić information content (AvgIpc) is 2.86. The molecule has 1 unspecified atom stereocenters. The Kier molecular flexibility index (Phi) is 4.23. The van der Waals surface area contributed by atoms with Gasteiger partial charge in [-0.3, -0.25) is 4.79 Å². The molecule has 4 nitrogen and oxygen atoms in total.